The molecule has 1 heterocycles. The van der Waals surface area contributed by atoms with Gasteiger partial charge in [-0.1, -0.05) is 30.3 Å². The molecule has 1 atom stereocenters. The van der Waals surface area contributed by atoms with E-state index < -0.39 is 11.8 Å². The van der Waals surface area contributed by atoms with Crippen molar-refractivity contribution in [2.45, 2.75) is 12.7 Å². The molecule has 1 unspecified atom stereocenters. The number of primary amides is 1. The number of carbonyl (C=O) groups is 1. The van der Waals surface area contributed by atoms with Crippen LogP contribution in [0.4, 0.5) is 4.79 Å². The van der Waals surface area contributed by atoms with Crippen LogP contribution >= 0.6 is 0 Å². The number of nitrogens with zero attached hydrogens (tertiary/aromatic N) is 1. The number of rotatable bonds is 3. The summed E-state index contributed by atoms with van der Waals surface area (Å²) in [5.74, 6) is -0.900. The minimum atomic E-state index is -0.900. The second-order valence-electron chi connectivity index (χ2n) is 4.16. The minimum absolute atomic E-state index is 0.320. The van der Waals surface area contributed by atoms with Crippen LogP contribution in [-0.2, 0) is 15.3 Å². The molecule has 1 aliphatic heterocycles. The Labute approximate surface area is 106 Å². The van der Waals surface area contributed by atoms with E-state index in [9.17, 15) is 4.79 Å². The number of hydrogen-bond donors (Lipinski definition) is 1. The molecule has 1 aromatic rings. The third-order valence-corrected chi connectivity index (χ3v) is 3.00. The van der Waals surface area contributed by atoms with Gasteiger partial charge in [0.25, 0.3) is 0 Å². The highest BCUT2D eigenvalue weighted by molar-refractivity contribution is 5.72. The molecule has 1 saturated heterocycles. The van der Waals surface area contributed by atoms with E-state index in [2.05, 4.69) is 0 Å². The summed E-state index contributed by atoms with van der Waals surface area (Å²) in [6.45, 7) is 3.63. The second kappa shape index (κ2) is 5.37. The number of morpholine rings is 1. The first-order chi connectivity index (χ1) is 8.68. The van der Waals surface area contributed by atoms with E-state index in [0.717, 1.165) is 5.56 Å². The first-order valence-corrected chi connectivity index (χ1v) is 6.06. The Hall–Kier alpha value is -1.59. The van der Waals surface area contributed by atoms with E-state index in [0.29, 0.717) is 26.3 Å². The van der Waals surface area contributed by atoms with Crippen molar-refractivity contribution in [2.75, 3.05) is 26.3 Å². The third-order valence-electron chi connectivity index (χ3n) is 3.00. The van der Waals surface area contributed by atoms with Gasteiger partial charge in [-0.15, -0.1) is 0 Å². The van der Waals surface area contributed by atoms with E-state index in [1.807, 2.05) is 37.3 Å². The van der Waals surface area contributed by atoms with Crippen LogP contribution in [0.2, 0.25) is 0 Å². The zero-order valence-electron chi connectivity index (χ0n) is 10.5. The van der Waals surface area contributed by atoms with Gasteiger partial charge in [0, 0.05) is 18.7 Å². The molecule has 0 bridgehead atoms. The summed E-state index contributed by atoms with van der Waals surface area (Å²) in [6.07, 6.45) is 0. The molecule has 1 aromatic carbocycles. The van der Waals surface area contributed by atoms with Gasteiger partial charge in [0.2, 0.25) is 5.79 Å². The smallest absolute Gasteiger partial charge is 0.315 e. The number of carbonyl (C=O) groups excluding carboxylic acids is 1. The molecule has 5 heteroatoms. The monoisotopic (exact) mass is 250 g/mol. The fraction of sp³-hybridized carbons (Fsp3) is 0.462. The summed E-state index contributed by atoms with van der Waals surface area (Å²) >= 11 is 0. The lowest BCUT2D eigenvalue weighted by molar-refractivity contribution is -0.268. The Bertz CT molecular complexity index is 406. The largest absolute Gasteiger partial charge is 0.351 e. The van der Waals surface area contributed by atoms with Gasteiger partial charge in [-0.3, -0.25) is 0 Å². The quantitative estimate of drug-likeness (QED) is 0.879. The lowest BCUT2D eigenvalue weighted by Crippen LogP contribution is -2.54. The van der Waals surface area contributed by atoms with Crippen LogP contribution in [0.1, 0.15) is 12.5 Å². The first-order valence-electron chi connectivity index (χ1n) is 6.06. The molecule has 1 aliphatic rings. The van der Waals surface area contributed by atoms with Crippen LogP contribution in [0, 0.1) is 0 Å². The molecule has 98 valence electrons. The minimum Gasteiger partial charge on any atom is -0.351 e. The second-order valence-corrected chi connectivity index (χ2v) is 4.16. The van der Waals surface area contributed by atoms with E-state index in [1.165, 1.54) is 0 Å². The maximum Gasteiger partial charge on any atom is 0.315 e. The Morgan fingerprint density at radius 1 is 1.50 bits per heavy atom. The van der Waals surface area contributed by atoms with E-state index in [4.69, 9.17) is 15.2 Å². The normalized spacial score (nSPS) is 23.9. The number of nitrogens with two attached hydrogens (primary N) is 1. The molecule has 5 nitrogen and oxygen atoms in total. The van der Waals surface area contributed by atoms with E-state index >= 15 is 0 Å². The summed E-state index contributed by atoms with van der Waals surface area (Å²) in [7, 11) is 0. The predicted octanol–water partition coefficient (Wildman–Crippen LogP) is 1.29. The van der Waals surface area contributed by atoms with Crippen molar-refractivity contribution in [3.8, 4) is 0 Å². The van der Waals surface area contributed by atoms with Gasteiger partial charge in [0.05, 0.1) is 13.2 Å². The van der Waals surface area contributed by atoms with Gasteiger partial charge >= 0.3 is 6.03 Å². The molecule has 0 aliphatic carbocycles. The van der Waals surface area contributed by atoms with Crippen molar-refractivity contribution in [3.05, 3.63) is 35.9 Å². The fourth-order valence-corrected chi connectivity index (χ4v) is 2.16. The molecule has 0 radical (unpaired) electrons. The Morgan fingerprint density at radius 2 is 2.22 bits per heavy atom. The van der Waals surface area contributed by atoms with Gasteiger partial charge in [-0.25, -0.2) is 4.79 Å². The van der Waals surface area contributed by atoms with Crippen LogP contribution < -0.4 is 5.73 Å². The number of ether oxygens (including phenoxy) is 2. The van der Waals surface area contributed by atoms with Crippen LogP contribution in [-0.4, -0.2) is 37.2 Å². The fourth-order valence-electron chi connectivity index (χ4n) is 2.16. The maximum absolute atomic E-state index is 11.3. The molecular formula is C13H18N2O3. The highest BCUT2D eigenvalue weighted by Crippen LogP contribution is 2.31. The molecule has 2 N–H and O–H groups in total. The summed E-state index contributed by atoms with van der Waals surface area (Å²) in [5.41, 5.74) is 6.24. The topological polar surface area (TPSA) is 64.8 Å². The lowest BCUT2D eigenvalue weighted by atomic mass is 10.0. The average Bonchev–Trinajstić information content (AvgIpc) is 2.40. The van der Waals surface area contributed by atoms with E-state index in [-0.39, 0.29) is 0 Å². The molecular weight excluding hydrogens is 232 g/mol. The van der Waals surface area contributed by atoms with Crippen molar-refractivity contribution >= 4 is 6.03 Å². The van der Waals surface area contributed by atoms with Crippen molar-refractivity contribution in [2.24, 2.45) is 5.73 Å². The van der Waals surface area contributed by atoms with Crippen LogP contribution in [0.3, 0.4) is 0 Å². The highest BCUT2D eigenvalue weighted by atomic mass is 16.7. The Balaban J connectivity index is 2.29. The van der Waals surface area contributed by atoms with Crippen molar-refractivity contribution < 1.29 is 14.3 Å². The average molecular weight is 250 g/mol. The zero-order chi connectivity index (χ0) is 13.0. The molecule has 1 fully saturated rings. The summed E-state index contributed by atoms with van der Waals surface area (Å²) in [6, 6.07) is 9.18. The van der Waals surface area contributed by atoms with Gasteiger partial charge in [0.1, 0.15) is 0 Å². The summed E-state index contributed by atoms with van der Waals surface area (Å²) < 4.78 is 11.6. The third kappa shape index (κ3) is 2.47. The van der Waals surface area contributed by atoms with Crippen LogP contribution in [0.25, 0.3) is 0 Å². The van der Waals surface area contributed by atoms with E-state index in [1.54, 1.807) is 4.90 Å². The van der Waals surface area contributed by atoms with Crippen LogP contribution in [0.15, 0.2) is 30.3 Å². The highest BCUT2D eigenvalue weighted by Gasteiger charge is 2.40. The number of benzene rings is 1. The molecule has 2 amide bonds. The Morgan fingerprint density at radius 3 is 2.83 bits per heavy atom. The molecule has 18 heavy (non-hydrogen) atoms. The SMILES string of the molecule is CCOC1(c2ccccc2)CN(C(N)=O)CCO1. The molecule has 0 saturated carbocycles. The first kappa shape index (κ1) is 12.9. The van der Waals surface area contributed by atoms with Gasteiger partial charge in [0.15, 0.2) is 0 Å². The lowest BCUT2D eigenvalue weighted by Gasteiger charge is -2.41. The van der Waals surface area contributed by atoms with Gasteiger partial charge in [-0.2, -0.15) is 0 Å². The van der Waals surface area contributed by atoms with Crippen LogP contribution in [0.5, 0.6) is 0 Å². The molecule has 0 spiro atoms. The standard InChI is InChI=1S/C13H18N2O3/c1-2-17-13(11-6-4-3-5-7-11)10-15(12(14)16)8-9-18-13/h3-7H,2,8-10H2,1H3,(H2,14,16). The zero-order valence-corrected chi connectivity index (χ0v) is 10.5. The predicted molar refractivity (Wildman–Crippen MR) is 66.9 cm³/mol. The summed E-state index contributed by atoms with van der Waals surface area (Å²) in [5, 5.41) is 0. The maximum atomic E-state index is 11.3. The Kier molecular flexibility index (Phi) is 3.84. The number of urea groups is 1. The number of amides is 2. The summed E-state index contributed by atoms with van der Waals surface area (Å²) in [4.78, 5) is 12.9. The van der Waals surface area contributed by atoms with Crippen molar-refractivity contribution in [1.29, 1.82) is 0 Å². The molecule has 0 aromatic heterocycles. The molecule has 2 rings (SSSR count). The van der Waals surface area contributed by atoms with Gasteiger partial charge < -0.3 is 20.1 Å². The van der Waals surface area contributed by atoms with Crippen molar-refractivity contribution in [3.63, 3.8) is 0 Å². The van der Waals surface area contributed by atoms with Crippen molar-refractivity contribution in [1.82, 2.24) is 4.90 Å². The number of hydrogen-bond acceptors (Lipinski definition) is 3. The van der Waals surface area contributed by atoms with Gasteiger partial charge in [-0.05, 0) is 6.92 Å².